The highest BCUT2D eigenvalue weighted by Crippen LogP contribution is 2.30. The summed E-state index contributed by atoms with van der Waals surface area (Å²) in [6.45, 7) is 4.20. The summed E-state index contributed by atoms with van der Waals surface area (Å²) in [7, 11) is 2.00. The first-order valence-corrected chi connectivity index (χ1v) is 8.16. The van der Waals surface area contributed by atoms with Crippen molar-refractivity contribution < 1.29 is 0 Å². The third kappa shape index (κ3) is 2.61. The number of nitrogens with two attached hydrogens (primary N) is 1. The first kappa shape index (κ1) is 14.3. The largest absolute Gasteiger partial charge is 0.324 e. The topological polar surface area (TPSA) is 43.8 Å². The number of benzene rings is 1. The summed E-state index contributed by atoms with van der Waals surface area (Å²) in [4.78, 5) is 0. The van der Waals surface area contributed by atoms with Gasteiger partial charge in [-0.05, 0) is 54.6 Å². The van der Waals surface area contributed by atoms with Crippen LogP contribution in [0.5, 0.6) is 0 Å². The third-order valence-corrected chi connectivity index (χ3v) is 5.25. The minimum absolute atomic E-state index is 0.0753. The predicted octanol–water partition coefficient (Wildman–Crippen LogP) is 3.88. The van der Waals surface area contributed by atoms with E-state index in [-0.39, 0.29) is 6.04 Å². The van der Waals surface area contributed by atoms with Crippen molar-refractivity contribution in [2.45, 2.75) is 32.7 Å². The van der Waals surface area contributed by atoms with Crippen LogP contribution in [-0.4, -0.2) is 9.78 Å². The zero-order chi connectivity index (χ0) is 15.0. The van der Waals surface area contributed by atoms with Crippen molar-refractivity contribution in [1.29, 1.82) is 0 Å². The Hall–Kier alpha value is -1.65. The molecule has 4 heteroatoms. The minimum Gasteiger partial charge on any atom is -0.324 e. The maximum absolute atomic E-state index is 6.45. The molecule has 110 valence electrons. The van der Waals surface area contributed by atoms with Crippen LogP contribution >= 0.6 is 11.3 Å². The van der Waals surface area contributed by atoms with Crippen molar-refractivity contribution in [3.8, 4) is 0 Å². The molecule has 1 atom stereocenters. The van der Waals surface area contributed by atoms with Gasteiger partial charge in [-0.25, -0.2) is 0 Å². The molecule has 0 aliphatic heterocycles. The van der Waals surface area contributed by atoms with Crippen LogP contribution in [0.25, 0.3) is 10.1 Å². The lowest BCUT2D eigenvalue weighted by Crippen LogP contribution is -2.12. The standard InChI is InChI=1S/C17H21N3S/c1-11-14(12(2)20(3)19-11)7-8-16(18)15-6-4-5-13-9-10-21-17(13)15/h4-6,9-10,16H,7-8,18H2,1-3H3. The first-order chi connectivity index (χ1) is 10.1. The van der Waals surface area contributed by atoms with E-state index < -0.39 is 0 Å². The Morgan fingerprint density at radius 3 is 2.81 bits per heavy atom. The van der Waals surface area contributed by atoms with Gasteiger partial charge in [-0.15, -0.1) is 11.3 Å². The van der Waals surface area contributed by atoms with Gasteiger partial charge in [0.05, 0.1) is 5.69 Å². The van der Waals surface area contributed by atoms with Gasteiger partial charge in [0.2, 0.25) is 0 Å². The Labute approximate surface area is 129 Å². The molecule has 2 heterocycles. The summed E-state index contributed by atoms with van der Waals surface area (Å²) >= 11 is 1.78. The third-order valence-electron chi connectivity index (χ3n) is 4.27. The fourth-order valence-corrected chi connectivity index (χ4v) is 3.92. The van der Waals surface area contributed by atoms with Gasteiger partial charge in [0.15, 0.2) is 0 Å². The molecule has 0 aliphatic carbocycles. The Morgan fingerprint density at radius 2 is 2.10 bits per heavy atom. The SMILES string of the molecule is Cc1nn(C)c(C)c1CCC(N)c1cccc2ccsc12. The van der Waals surface area contributed by atoms with Crippen molar-refractivity contribution >= 4 is 21.4 Å². The molecule has 21 heavy (non-hydrogen) atoms. The van der Waals surface area contributed by atoms with E-state index in [1.807, 2.05) is 11.7 Å². The molecule has 0 saturated carbocycles. The van der Waals surface area contributed by atoms with Crippen LogP contribution in [0.4, 0.5) is 0 Å². The average Bonchev–Trinajstić information content (AvgIpc) is 3.02. The molecule has 0 spiro atoms. The number of hydrogen-bond acceptors (Lipinski definition) is 3. The van der Waals surface area contributed by atoms with Crippen molar-refractivity contribution in [1.82, 2.24) is 9.78 Å². The van der Waals surface area contributed by atoms with Crippen LogP contribution in [0, 0.1) is 13.8 Å². The highest BCUT2D eigenvalue weighted by molar-refractivity contribution is 7.17. The van der Waals surface area contributed by atoms with Gasteiger partial charge in [0.25, 0.3) is 0 Å². The number of aryl methyl sites for hydroxylation is 2. The van der Waals surface area contributed by atoms with Gasteiger partial charge in [-0.1, -0.05) is 18.2 Å². The normalized spacial score (nSPS) is 13.0. The van der Waals surface area contributed by atoms with Gasteiger partial charge in [-0.3, -0.25) is 4.68 Å². The fraction of sp³-hybridized carbons (Fsp3) is 0.353. The molecule has 0 aliphatic rings. The molecule has 3 nitrogen and oxygen atoms in total. The Kier molecular flexibility index (Phi) is 3.83. The van der Waals surface area contributed by atoms with Crippen LogP contribution in [0.15, 0.2) is 29.6 Å². The molecule has 0 bridgehead atoms. The molecule has 0 amide bonds. The summed E-state index contributed by atoms with van der Waals surface area (Å²) in [6, 6.07) is 8.65. The maximum atomic E-state index is 6.45. The highest BCUT2D eigenvalue weighted by Gasteiger charge is 2.14. The van der Waals surface area contributed by atoms with E-state index >= 15 is 0 Å². The second kappa shape index (κ2) is 5.62. The molecule has 0 saturated heterocycles. The van der Waals surface area contributed by atoms with Gasteiger partial charge < -0.3 is 5.73 Å². The summed E-state index contributed by atoms with van der Waals surface area (Å²) in [5, 5.41) is 7.91. The quantitative estimate of drug-likeness (QED) is 0.794. The Morgan fingerprint density at radius 1 is 1.29 bits per heavy atom. The van der Waals surface area contributed by atoms with Gasteiger partial charge >= 0.3 is 0 Å². The lowest BCUT2D eigenvalue weighted by atomic mass is 9.98. The zero-order valence-electron chi connectivity index (χ0n) is 12.8. The highest BCUT2D eigenvalue weighted by atomic mass is 32.1. The molecular weight excluding hydrogens is 278 g/mol. The molecule has 0 radical (unpaired) electrons. The van der Waals surface area contributed by atoms with Gasteiger partial charge in [0, 0.05) is 23.5 Å². The predicted molar refractivity (Wildman–Crippen MR) is 89.8 cm³/mol. The van der Waals surface area contributed by atoms with Crippen LogP contribution in [0.1, 0.15) is 35.0 Å². The number of thiophene rings is 1. The minimum atomic E-state index is 0.0753. The fourth-order valence-electron chi connectivity index (χ4n) is 2.94. The molecule has 0 fully saturated rings. The summed E-state index contributed by atoms with van der Waals surface area (Å²) in [5.74, 6) is 0. The lowest BCUT2D eigenvalue weighted by Gasteiger charge is -2.13. The lowest BCUT2D eigenvalue weighted by molar-refractivity contribution is 0.652. The molecule has 2 aromatic heterocycles. The number of fused-ring (bicyclic) bond motifs is 1. The number of nitrogens with zero attached hydrogens (tertiary/aromatic N) is 2. The first-order valence-electron chi connectivity index (χ1n) is 7.28. The Balaban J connectivity index is 1.80. The monoisotopic (exact) mass is 299 g/mol. The van der Waals surface area contributed by atoms with E-state index in [0.717, 1.165) is 18.5 Å². The molecule has 1 unspecified atom stereocenters. The van der Waals surface area contributed by atoms with E-state index in [1.54, 1.807) is 11.3 Å². The molecule has 2 N–H and O–H groups in total. The van der Waals surface area contributed by atoms with Crippen molar-refractivity contribution in [2.75, 3.05) is 0 Å². The molecule has 3 aromatic rings. The van der Waals surface area contributed by atoms with Crippen molar-refractivity contribution in [3.05, 3.63) is 52.2 Å². The Bertz CT molecular complexity index is 770. The zero-order valence-corrected chi connectivity index (χ0v) is 13.6. The summed E-state index contributed by atoms with van der Waals surface area (Å²) < 4.78 is 3.28. The second-order valence-corrected chi connectivity index (χ2v) is 6.52. The van der Waals surface area contributed by atoms with E-state index in [1.165, 1.54) is 26.9 Å². The number of rotatable bonds is 4. The van der Waals surface area contributed by atoms with Crippen molar-refractivity contribution in [2.24, 2.45) is 12.8 Å². The second-order valence-electron chi connectivity index (χ2n) is 5.60. The van der Waals surface area contributed by atoms with Crippen LogP contribution in [0.2, 0.25) is 0 Å². The smallest absolute Gasteiger partial charge is 0.0628 e. The van der Waals surface area contributed by atoms with E-state index in [0.29, 0.717) is 0 Å². The number of aromatic nitrogens is 2. The van der Waals surface area contributed by atoms with Gasteiger partial charge in [-0.2, -0.15) is 5.10 Å². The molecule has 1 aromatic carbocycles. The van der Waals surface area contributed by atoms with Crippen LogP contribution in [0.3, 0.4) is 0 Å². The van der Waals surface area contributed by atoms with E-state index in [9.17, 15) is 0 Å². The van der Waals surface area contributed by atoms with Crippen LogP contribution in [-0.2, 0) is 13.5 Å². The van der Waals surface area contributed by atoms with Crippen LogP contribution < -0.4 is 5.73 Å². The summed E-state index contributed by atoms with van der Waals surface area (Å²) in [6.07, 6.45) is 1.93. The summed E-state index contributed by atoms with van der Waals surface area (Å²) in [5.41, 5.74) is 11.4. The number of hydrogen-bond donors (Lipinski definition) is 1. The van der Waals surface area contributed by atoms with Crippen molar-refractivity contribution in [3.63, 3.8) is 0 Å². The average molecular weight is 299 g/mol. The van der Waals surface area contributed by atoms with Gasteiger partial charge in [0.1, 0.15) is 0 Å². The molecular formula is C17H21N3S. The van der Waals surface area contributed by atoms with E-state index in [2.05, 4.69) is 48.6 Å². The maximum Gasteiger partial charge on any atom is 0.0628 e. The van der Waals surface area contributed by atoms with E-state index in [4.69, 9.17) is 5.73 Å². The molecule has 3 rings (SSSR count).